The first-order chi connectivity index (χ1) is 10.1. The van der Waals surface area contributed by atoms with E-state index >= 15 is 0 Å². The Kier molecular flexibility index (Phi) is 5.05. The topological polar surface area (TPSA) is 48.7 Å². The molecule has 1 heterocycles. The quantitative estimate of drug-likeness (QED) is 0.847. The molecule has 21 heavy (non-hydrogen) atoms. The van der Waals surface area contributed by atoms with E-state index in [0.717, 1.165) is 25.2 Å². The molecule has 1 saturated heterocycles. The Labute approximate surface area is 126 Å². The van der Waals surface area contributed by atoms with Crippen LogP contribution in [-0.2, 0) is 0 Å². The molecule has 5 nitrogen and oxygen atoms in total. The van der Waals surface area contributed by atoms with Crippen molar-refractivity contribution in [1.82, 2.24) is 9.80 Å². The second kappa shape index (κ2) is 6.79. The van der Waals surface area contributed by atoms with Crippen molar-refractivity contribution in [3.8, 4) is 17.6 Å². The van der Waals surface area contributed by atoms with Gasteiger partial charge in [-0.25, -0.2) is 0 Å². The standard InChI is InChI=1S/C16H23N3O2/c1-12-11-18(2)7-8-19(12)14(10-17)13-5-6-15(20-3)16(9-13)21-4/h5-6,9,12,14H,7-8,11H2,1-4H3. The van der Waals surface area contributed by atoms with Crippen molar-refractivity contribution in [3.63, 3.8) is 0 Å². The van der Waals surface area contributed by atoms with Crippen molar-refractivity contribution >= 4 is 0 Å². The average Bonchev–Trinajstić information content (AvgIpc) is 2.49. The van der Waals surface area contributed by atoms with Gasteiger partial charge in [0, 0.05) is 25.7 Å². The van der Waals surface area contributed by atoms with Gasteiger partial charge in [-0.05, 0) is 31.7 Å². The van der Waals surface area contributed by atoms with Gasteiger partial charge < -0.3 is 14.4 Å². The lowest BCUT2D eigenvalue weighted by Crippen LogP contribution is -2.51. The number of hydrogen-bond acceptors (Lipinski definition) is 5. The van der Waals surface area contributed by atoms with Crippen LogP contribution in [0.15, 0.2) is 18.2 Å². The zero-order valence-corrected chi connectivity index (χ0v) is 13.2. The fraction of sp³-hybridized carbons (Fsp3) is 0.562. The molecule has 5 heteroatoms. The van der Waals surface area contributed by atoms with Gasteiger partial charge in [-0.1, -0.05) is 6.07 Å². The second-order valence-electron chi connectivity index (χ2n) is 5.50. The first-order valence-corrected chi connectivity index (χ1v) is 7.16. The summed E-state index contributed by atoms with van der Waals surface area (Å²) in [6.07, 6.45) is 0. The molecule has 2 atom stereocenters. The van der Waals surface area contributed by atoms with E-state index in [-0.39, 0.29) is 6.04 Å². The van der Waals surface area contributed by atoms with Gasteiger partial charge in [0.2, 0.25) is 0 Å². The highest BCUT2D eigenvalue weighted by Crippen LogP contribution is 2.32. The van der Waals surface area contributed by atoms with Crippen LogP contribution in [0.2, 0.25) is 0 Å². The number of piperazine rings is 1. The largest absolute Gasteiger partial charge is 0.493 e. The molecule has 114 valence electrons. The van der Waals surface area contributed by atoms with Gasteiger partial charge in [0.15, 0.2) is 11.5 Å². The van der Waals surface area contributed by atoms with Gasteiger partial charge in [-0.2, -0.15) is 5.26 Å². The summed E-state index contributed by atoms with van der Waals surface area (Å²) in [7, 11) is 5.34. The van der Waals surface area contributed by atoms with E-state index in [4.69, 9.17) is 9.47 Å². The molecule has 2 unspecified atom stereocenters. The molecule has 1 aromatic carbocycles. The highest BCUT2D eigenvalue weighted by molar-refractivity contribution is 5.44. The summed E-state index contributed by atoms with van der Waals surface area (Å²) in [5, 5.41) is 9.63. The van der Waals surface area contributed by atoms with E-state index in [1.807, 2.05) is 18.2 Å². The summed E-state index contributed by atoms with van der Waals surface area (Å²) in [5.74, 6) is 1.35. The summed E-state index contributed by atoms with van der Waals surface area (Å²) in [6, 6.07) is 8.23. The van der Waals surface area contributed by atoms with E-state index in [0.29, 0.717) is 17.5 Å². The average molecular weight is 289 g/mol. The molecule has 0 saturated carbocycles. The molecule has 1 aliphatic rings. The minimum Gasteiger partial charge on any atom is -0.493 e. The van der Waals surface area contributed by atoms with Crippen molar-refractivity contribution in [1.29, 1.82) is 5.26 Å². The van der Waals surface area contributed by atoms with Crippen LogP contribution in [0.3, 0.4) is 0 Å². The smallest absolute Gasteiger partial charge is 0.161 e. The van der Waals surface area contributed by atoms with Crippen molar-refractivity contribution in [2.45, 2.75) is 19.0 Å². The number of ether oxygens (including phenoxy) is 2. The fourth-order valence-electron chi connectivity index (χ4n) is 2.90. The Balaban J connectivity index is 2.27. The lowest BCUT2D eigenvalue weighted by atomic mass is 10.0. The predicted octanol–water partition coefficient (Wildman–Crippen LogP) is 1.90. The molecule has 0 spiro atoms. The number of hydrogen-bond donors (Lipinski definition) is 0. The van der Waals surface area contributed by atoms with Gasteiger partial charge in [-0.15, -0.1) is 0 Å². The number of rotatable bonds is 4. The van der Waals surface area contributed by atoms with E-state index in [1.165, 1.54) is 0 Å². The third-order valence-corrected chi connectivity index (χ3v) is 4.06. The number of benzene rings is 1. The molecule has 0 N–H and O–H groups in total. The van der Waals surface area contributed by atoms with Crippen LogP contribution in [0, 0.1) is 11.3 Å². The van der Waals surface area contributed by atoms with Crippen LogP contribution >= 0.6 is 0 Å². The number of nitrogens with zero attached hydrogens (tertiary/aromatic N) is 3. The van der Waals surface area contributed by atoms with Crippen LogP contribution in [0.5, 0.6) is 11.5 Å². The van der Waals surface area contributed by atoms with Gasteiger partial charge in [-0.3, -0.25) is 4.90 Å². The fourth-order valence-corrected chi connectivity index (χ4v) is 2.90. The summed E-state index contributed by atoms with van der Waals surface area (Å²) in [4.78, 5) is 4.55. The molecule has 0 radical (unpaired) electrons. The normalized spacial score (nSPS) is 21.6. The molecule has 1 aliphatic heterocycles. The maximum atomic E-state index is 9.63. The molecular formula is C16H23N3O2. The lowest BCUT2D eigenvalue weighted by molar-refractivity contribution is 0.0796. The number of nitriles is 1. The van der Waals surface area contributed by atoms with Gasteiger partial charge >= 0.3 is 0 Å². The third-order valence-electron chi connectivity index (χ3n) is 4.06. The SMILES string of the molecule is COc1ccc(C(C#N)N2CCN(C)CC2C)cc1OC. The predicted molar refractivity (Wildman–Crippen MR) is 81.6 cm³/mol. The monoisotopic (exact) mass is 289 g/mol. The molecule has 1 aromatic rings. The van der Waals surface area contributed by atoms with Crippen LogP contribution in [0.4, 0.5) is 0 Å². The molecule has 0 aliphatic carbocycles. The van der Waals surface area contributed by atoms with E-state index in [9.17, 15) is 5.26 Å². The van der Waals surface area contributed by atoms with Crippen LogP contribution in [-0.4, -0.2) is 56.7 Å². The van der Waals surface area contributed by atoms with Crippen molar-refractivity contribution in [2.75, 3.05) is 40.9 Å². The first-order valence-electron chi connectivity index (χ1n) is 7.16. The third kappa shape index (κ3) is 3.29. The van der Waals surface area contributed by atoms with Crippen molar-refractivity contribution in [2.24, 2.45) is 0 Å². The first kappa shape index (κ1) is 15.6. The Morgan fingerprint density at radius 1 is 1.24 bits per heavy atom. The van der Waals surface area contributed by atoms with Gasteiger partial charge in [0.25, 0.3) is 0 Å². The van der Waals surface area contributed by atoms with E-state index in [1.54, 1.807) is 14.2 Å². The van der Waals surface area contributed by atoms with E-state index in [2.05, 4.69) is 29.8 Å². The molecule has 0 bridgehead atoms. The van der Waals surface area contributed by atoms with Gasteiger partial charge in [0.1, 0.15) is 6.04 Å². The van der Waals surface area contributed by atoms with Crippen molar-refractivity contribution in [3.05, 3.63) is 23.8 Å². The van der Waals surface area contributed by atoms with Crippen LogP contribution in [0.25, 0.3) is 0 Å². The number of likely N-dealkylation sites (N-methyl/N-ethyl adjacent to an activating group) is 1. The molecule has 2 rings (SSSR count). The highest BCUT2D eigenvalue weighted by atomic mass is 16.5. The van der Waals surface area contributed by atoms with Crippen molar-refractivity contribution < 1.29 is 9.47 Å². The minimum atomic E-state index is -0.256. The Bertz CT molecular complexity index is 527. The van der Waals surface area contributed by atoms with Crippen LogP contribution < -0.4 is 9.47 Å². The Hall–Kier alpha value is -1.77. The maximum absolute atomic E-state index is 9.63. The minimum absolute atomic E-state index is 0.256. The zero-order chi connectivity index (χ0) is 15.4. The zero-order valence-electron chi connectivity index (χ0n) is 13.2. The summed E-state index contributed by atoms with van der Waals surface area (Å²) >= 11 is 0. The molecule has 0 aromatic heterocycles. The van der Waals surface area contributed by atoms with E-state index < -0.39 is 0 Å². The summed E-state index contributed by atoms with van der Waals surface area (Å²) in [5.41, 5.74) is 0.951. The molecule has 0 amide bonds. The van der Waals surface area contributed by atoms with Gasteiger partial charge in [0.05, 0.1) is 20.3 Å². The molecule has 1 fully saturated rings. The highest BCUT2D eigenvalue weighted by Gasteiger charge is 2.29. The molecular weight excluding hydrogens is 266 g/mol. The maximum Gasteiger partial charge on any atom is 0.161 e. The lowest BCUT2D eigenvalue weighted by Gasteiger charge is -2.40. The Morgan fingerprint density at radius 3 is 2.52 bits per heavy atom. The summed E-state index contributed by atoms with van der Waals surface area (Å²) < 4.78 is 10.6. The Morgan fingerprint density at radius 2 is 1.95 bits per heavy atom. The second-order valence-corrected chi connectivity index (χ2v) is 5.50. The summed E-state index contributed by atoms with van der Waals surface area (Å²) in [6.45, 7) is 5.02. The number of methoxy groups -OCH3 is 2. The van der Waals surface area contributed by atoms with Crippen LogP contribution in [0.1, 0.15) is 18.5 Å².